The first-order valence-corrected chi connectivity index (χ1v) is 6.28. The van der Waals surface area contributed by atoms with Crippen molar-refractivity contribution in [2.45, 2.75) is 6.42 Å². The van der Waals surface area contributed by atoms with Gasteiger partial charge in [-0.1, -0.05) is 24.3 Å². The minimum atomic E-state index is -0.0947. The summed E-state index contributed by atoms with van der Waals surface area (Å²) < 4.78 is 10.4. The third-order valence-electron chi connectivity index (χ3n) is 2.90. The number of carbonyl (C=O) groups excluding carboxylic acids is 1. The zero-order valence-electron chi connectivity index (χ0n) is 11.6. The van der Waals surface area contributed by atoms with E-state index < -0.39 is 0 Å². The van der Waals surface area contributed by atoms with Crippen LogP contribution in [0, 0.1) is 0 Å². The van der Waals surface area contributed by atoms with Crippen LogP contribution in [-0.4, -0.2) is 20.1 Å². The van der Waals surface area contributed by atoms with Gasteiger partial charge in [0, 0.05) is 17.3 Å². The second-order valence-corrected chi connectivity index (χ2v) is 4.27. The fourth-order valence-corrected chi connectivity index (χ4v) is 1.93. The molecule has 0 saturated heterocycles. The lowest BCUT2D eigenvalue weighted by atomic mass is 10.1. The number of nitrogens with one attached hydrogen (secondary N) is 1. The molecule has 0 radical (unpaired) electrons. The molecule has 0 aliphatic rings. The van der Waals surface area contributed by atoms with Crippen LogP contribution < -0.4 is 14.8 Å². The molecule has 0 saturated carbocycles. The van der Waals surface area contributed by atoms with Crippen molar-refractivity contribution in [3.63, 3.8) is 0 Å². The van der Waals surface area contributed by atoms with E-state index in [9.17, 15) is 4.79 Å². The number of amides is 1. The molecular weight excluding hydrogens is 254 g/mol. The molecule has 0 heterocycles. The minimum Gasteiger partial charge on any atom is -0.497 e. The molecule has 1 amide bonds. The van der Waals surface area contributed by atoms with E-state index in [0.29, 0.717) is 17.2 Å². The number of carbonyl (C=O) groups is 1. The van der Waals surface area contributed by atoms with Crippen molar-refractivity contribution in [1.29, 1.82) is 0 Å². The summed E-state index contributed by atoms with van der Waals surface area (Å²) >= 11 is 0. The number of hydrogen-bond donors (Lipinski definition) is 1. The van der Waals surface area contributed by atoms with Gasteiger partial charge >= 0.3 is 0 Å². The molecule has 20 heavy (non-hydrogen) atoms. The Morgan fingerprint density at radius 2 is 1.85 bits per heavy atom. The monoisotopic (exact) mass is 271 g/mol. The SMILES string of the molecule is COc1cccc(NC(=O)Cc2ccccc2OC)c1. The predicted octanol–water partition coefficient (Wildman–Crippen LogP) is 2.89. The average molecular weight is 271 g/mol. The van der Waals surface area contributed by atoms with E-state index in [1.165, 1.54) is 0 Å². The van der Waals surface area contributed by atoms with Gasteiger partial charge in [0.25, 0.3) is 0 Å². The first-order valence-electron chi connectivity index (χ1n) is 6.28. The second-order valence-electron chi connectivity index (χ2n) is 4.27. The first-order chi connectivity index (χ1) is 9.72. The van der Waals surface area contributed by atoms with Gasteiger partial charge in [0.2, 0.25) is 5.91 Å². The van der Waals surface area contributed by atoms with E-state index in [4.69, 9.17) is 9.47 Å². The summed E-state index contributed by atoms with van der Waals surface area (Å²) in [7, 11) is 3.19. The Labute approximate surface area is 118 Å². The van der Waals surface area contributed by atoms with E-state index in [1.807, 2.05) is 42.5 Å². The largest absolute Gasteiger partial charge is 0.497 e. The summed E-state index contributed by atoms with van der Waals surface area (Å²) in [6, 6.07) is 14.7. The number of ether oxygens (including phenoxy) is 2. The maximum Gasteiger partial charge on any atom is 0.228 e. The summed E-state index contributed by atoms with van der Waals surface area (Å²) in [5.41, 5.74) is 1.57. The number of para-hydroxylation sites is 1. The van der Waals surface area contributed by atoms with Crippen molar-refractivity contribution in [2.24, 2.45) is 0 Å². The number of methoxy groups -OCH3 is 2. The highest BCUT2D eigenvalue weighted by Crippen LogP contribution is 2.20. The Balaban J connectivity index is 2.05. The molecule has 0 fully saturated rings. The Bertz CT molecular complexity index is 596. The van der Waals surface area contributed by atoms with Gasteiger partial charge < -0.3 is 14.8 Å². The lowest BCUT2D eigenvalue weighted by molar-refractivity contribution is -0.115. The normalized spacial score (nSPS) is 9.90. The molecule has 0 spiro atoms. The van der Waals surface area contributed by atoms with Gasteiger partial charge in [-0.2, -0.15) is 0 Å². The molecule has 0 aromatic heterocycles. The number of benzene rings is 2. The van der Waals surface area contributed by atoms with Crippen molar-refractivity contribution >= 4 is 11.6 Å². The maximum atomic E-state index is 12.0. The Kier molecular flexibility index (Phi) is 4.60. The van der Waals surface area contributed by atoms with E-state index >= 15 is 0 Å². The Morgan fingerprint density at radius 3 is 2.60 bits per heavy atom. The van der Waals surface area contributed by atoms with Crippen molar-refractivity contribution in [2.75, 3.05) is 19.5 Å². The van der Waals surface area contributed by atoms with Gasteiger partial charge in [-0.15, -0.1) is 0 Å². The number of rotatable bonds is 5. The van der Waals surface area contributed by atoms with Crippen LogP contribution in [0.2, 0.25) is 0 Å². The van der Waals surface area contributed by atoms with Crippen LogP contribution in [0.4, 0.5) is 5.69 Å². The molecule has 2 rings (SSSR count). The summed E-state index contributed by atoms with van der Waals surface area (Å²) in [5.74, 6) is 1.33. The van der Waals surface area contributed by atoms with Gasteiger partial charge in [-0.25, -0.2) is 0 Å². The van der Waals surface area contributed by atoms with Crippen LogP contribution in [0.15, 0.2) is 48.5 Å². The van der Waals surface area contributed by atoms with Gasteiger partial charge in [-0.3, -0.25) is 4.79 Å². The zero-order valence-corrected chi connectivity index (χ0v) is 11.6. The fourth-order valence-electron chi connectivity index (χ4n) is 1.93. The number of hydrogen-bond acceptors (Lipinski definition) is 3. The van der Waals surface area contributed by atoms with Crippen LogP contribution in [0.5, 0.6) is 11.5 Å². The molecule has 104 valence electrons. The molecule has 2 aromatic rings. The van der Waals surface area contributed by atoms with Gasteiger partial charge in [0.05, 0.1) is 20.6 Å². The smallest absolute Gasteiger partial charge is 0.228 e. The molecule has 0 unspecified atom stereocenters. The topological polar surface area (TPSA) is 47.6 Å². The molecule has 4 nitrogen and oxygen atoms in total. The Morgan fingerprint density at radius 1 is 1.05 bits per heavy atom. The third-order valence-corrected chi connectivity index (χ3v) is 2.90. The lowest BCUT2D eigenvalue weighted by Gasteiger charge is -2.09. The molecule has 4 heteroatoms. The molecule has 0 atom stereocenters. The van der Waals surface area contributed by atoms with E-state index in [-0.39, 0.29) is 12.3 Å². The number of anilines is 1. The summed E-state index contributed by atoms with van der Waals surface area (Å²) in [6.07, 6.45) is 0.265. The highest BCUT2D eigenvalue weighted by molar-refractivity contribution is 5.92. The van der Waals surface area contributed by atoms with Crippen LogP contribution in [0.25, 0.3) is 0 Å². The standard InChI is InChI=1S/C16H17NO3/c1-19-14-8-5-7-13(11-14)17-16(18)10-12-6-3-4-9-15(12)20-2/h3-9,11H,10H2,1-2H3,(H,17,18). The molecule has 1 N–H and O–H groups in total. The fraction of sp³-hybridized carbons (Fsp3) is 0.188. The molecule has 0 aliphatic heterocycles. The second kappa shape index (κ2) is 6.61. The highest BCUT2D eigenvalue weighted by Gasteiger charge is 2.08. The van der Waals surface area contributed by atoms with Crippen LogP contribution in [-0.2, 0) is 11.2 Å². The van der Waals surface area contributed by atoms with Gasteiger partial charge in [-0.05, 0) is 18.2 Å². The average Bonchev–Trinajstić information content (AvgIpc) is 2.48. The lowest BCUT2D eigenvalue weighted by Crippen LogP contribution is -2.14. The van der Waals surface area contributed by atoms with E-state index in [2.05, 4.69) is 5.32 Å². The maximum absolute atomic E-state index is 12.0. The molecule has 0 bridgehead atoms. The van der Waals surface area contributed by atoms with Crippen molar-refractivity contribution in [3.8, 4) is 11.5 Å². The highest BCUT2D eigenvalue weighted by atomic mass is 16.5. The molecular formula is C16H17NO3. The van der Waals surface area contributed by atoms with Gasteiger partial charge in [0.15, 0.2) is 0 Å². The summed E-state index contributed by atoms with van der Waals surface area (Å²) in [5, 5.41) is 2.84. The molecule has 0 aliphatic carbocycles. The van der Waals surface area contributed by atoms with Crippen LogP contribution in [0.3, 0.4) is 0 Å². The van der Waals surface area contributed by atoms with E-state index in [1.54, 1.807) is 20.3 Å². The van der Waals surface area contributed by atoms with Crippen molar-refractivity contribution in [3.05, 3.63) is 54.1 Å². The third kappa shape index (κ3) is 3.51. The summed E-state index contributed by atoms with van der Waals surface area (Å²) in [6.45, 7) is 0. The van der Waals surface area contributed by atoms with Crippen LogP contribution >= 0.6 is 0 Å². The van der Waals surface area contributed by atoms with Crippen molar-refractivity contribution < 1.29 is 14.3 Å². The summed E-state index contributed by atoms with van der Waals surface area (Å²) in [4.78, 5) is 12.0. The quantitative estimate of drug-likeness (QED) is 0.909. The van der Waals surface area contributed by atoms with E-state index in [0.717, 1.165) is 5.56 Å². The van der Waals surface area contributed by atoms with Crippen LogP contribution in [0.1, 0.15) is 5.56 Å². The van der Waals surface area contributed by atoms with Crippen molar-refractivity contribution in [1.82, 2.24) is 0 Å². The molecule has 2 aromatic carbocycles. The Hall–Kier alpha value is -2.49. The first kappa shape index (κ1) is 13.9. The minimum absolute atomic E-state index is 0.0947. The predicted molar refractivity (Wildman–Crippen MR) is 78.3 cm³/mol. The zero-order chi connectivity index (χ0) is 14.4. The van der Waals surface area contributed by atoms with Gasteiger partial charge in [0.1, 0.15) is 11.5 Å².